The molecule has 19 heavy (non-hydrogen) atoms. The van der Waals surface area contributed by atoms with E-state index in [-0.39, 0.29) is 11.1 Å². The number of morpholine rings is 1. The van der Waals surface area contributed by atoms with Crippen LogP contribution in [0.25, 0.3) is 0 Å². The van der Waals surface area contributed by atoms with E-state index in [1.54, 1.807) is 4.90 Å². The van der Waals surface area contributed by atoms with Crippen LogP contribution in [0, 0.1) is 0 Å². The van der Waals surface area contributed by atoms with Crippen LogP contribution in [0.15, 0.2) is 23.4 Å². The molecule has 0 atom stereocenters. The molecule has 104 valence electrons. The molecule has 1 aliphatic rings. The number of carbonyl (C=O) groups is 1. The molecule has 0 saturated carbocycles. The van der Waals surface area contributed by atoms with E-state index in [4.69, 9.17) is 4.74 Å². The molecule has 0 aromatic carbocycles. The summed E-state index contributed by atoms with van der Waals surface area (Å²) in [5, 5.41) is 2.65. The molecule has 2 heterocycles. The van der Waals surface area contributed by atoms with E-state index in [1.807, 2.05) is 0 Å². The van der Waals surface area contributed by atoms with Crippen molar-refractivity contribution in [1.82, 2.24) is 9.88 Å². The lowest BCUT2D eigenvalue weighted by Gasteiger charge is -2.26. The van der Waals surface area contributed by atoms with Gasteiger partial charge in [-0.3, -0.25) is 0 Å². The molecule has 1 saturated heterocycles. The van der Waals surface area contributed by atoms with Crippen LogP contribution in [0.5, 0.6) is 0 Å². The predicted octanol–water partition coefficient (Wildman–Crippen LogP) is 0.349. The molecule has 2 amide bonds. The van der Waals surface area contributed by atoms with Gasteiger partial charge in [0.25, 0.3) is 0 Å². The van der Waals surface area contributed by atoms with Crippen LogP contribution in [0.3, 0.4) is 0 Å². The molecule has 0 spiro atoms. The van der Waals surface area contributed by atoms with Crippen LogP contribution in [0.1, 0.15) is 0 Å². The average molecular weight is 285 g/mol. The second-order valence-corrected chi connectivity index (χ2v) is 6.15. The number of nitrogens with zero attached hydrogens (tertiary/aromatic N) is 2. The zero-order valence-electron chi connectivity index (χ0n) is 10.5. The highest BCUT2D eigenvalue weighted by Gasteiger charge is 2.17. The minimum atomic E-state index is -3.32. The van der Waals surface area contributed by atoms with Gasteiger partial charge >= 0.3 is 6.03 Å². The van der Waals surface area contributed by atoms with Gasteiger partial charge in [-0.15, -0.1) is 0 Å². The summed E-state index contributed by atoms with van der Waals surface area (Å²) in [7, 11) is -3.32. The third-order valence-corrected chi connectivity index (χ3v) is 3.67. The number of hydrogen-bond donors (Lipinski definition) is 1. The number of anilines is 1. The molecule has 1 aromatic rings. The highest BCUT2D eigenvalue weighted by molar-refractivity contribution is 7.90. The molecule has 1 fully saturated rings. The molecular formula is C11H15N3O4S. The van der Waals surface area contributed by atoms with Gasteiger partial charge in [-0.25, -0.2) is 18.2 Å². The van der Waals surface area contributed by atoms with Crippen LogP contribution in [0.2, 0.25) is 0 Å². The summed E-state index contributed by atoms with van der Waals surface area (Å²) in [6, 6.07) is 2.64. The standard InChI is InChI=1S/C11H15N3O4S/c1-19(16,17)10-3-2-9(8-12-10)13-11(15)14-4-6-18-7-5-14/h2-3,8H,4-7H2,1H3,(H,13,15). The van der Waals surface area contributed by atoms with E-state index in [1.165, 1.54) is 18.3 Å². The number of ether oxygens (including phenoxy) is 1. The smallest absolute Gasteiger partial charge is 0.322 e. The van der Waals surface area contributed by atoms with E-state index < -0.39 is 9.84 Å². The lowest BCUT2D eigenvalue weighted by molar-refractivity contribution is 0.0564. The van der Waals surface area contributed by atoms with Crippen molar-refractivity contribution in [2.24, 2.45) is 0 Å². The van der Waals surface area contributed by atoms with Crippen molar-refractivity contribution >= 4 is 21.6 Å². The van der Waals surface area contributed by atoms with E-state index in [2.05, 4.69) is 10.3 Å². The van der Waals surface area contributed by atoms with E-state index in [9.17, 15) is 13.2 Å². The number of aromatic nitrogens is 1. The van der Waals surface area contributed by atoms with Gasteiger partial charge in [0.1, 0.15) is 0 Å². The SMILES string of the molecule is CS(=O)(=O)c1ccc(NC(=O)N2CCOCC2)cn1. The summed E-state index contributed by atoms with van der Waals surface area (Å²) in [6.07, 6.45) is 2.41. The maximum absolute atomic E-state index is 11.9. The van der Waals surface area contributed by atoms with Crippen LogP contribution >= 0.6 is 0 Å². The van der Waals surface area contributed by atoms with Gasteiger partial charge in [0.15, 0.2) is 14.9 Å². The molecule has 0 radical (unpaired) electrons. The Bertz CT molecular complexity index is 550. The van der Waals surface area contributed by atoms with Crippen LogP contribution < -0.4 is 5.32 Å². The van der Waals surface area contributed by atoms with Crippen molar-refractivity contribution in [2.45, 2.75) is 5.03 Å². The minimum Gasteiger partial charge on any atom is -0.378 e. The summed E-state index contributed by atoms with van der Waals surface area (Å²) >= 11 is 0. The number of nitrogens with one attached hydrogen (secondary N) is 1. The first-order chi connectivity index (χ1) is 8.97. The van der Waals surface area contributed by atoms with Crippen LogP contribution in [0.4, 0.5) is 10.5 Å². The molecule has 7 nitrogen and oxygen atoms in total. The summed E-state index contributed by atoms with van der Waals surface area (Å²) < 4.78 is 27.6. The van der Waals surface area contributed by atoms with E-state index in [0.29, 0.717) is 32.0 Å². The number of carbonyl (C=O) groups excluding carboxylic acids is 1. The molecule has 0 unspecified atom stereocenters. The fourth-order valence-corrected chi connectivity index (χ4v) is 2.20. The Kier molecular flexibility index (Phi) is 4.01. The monoisotopic (exact) mass is 285 g/mol. The topological polar surface area (TPSA) is 88.6 Å². The van der Waals surface area contributed by atoms with Gasteiger partial charge in [0.2, 0.25) is 0 Å². The minimum absolute atomic E-state index is 0.0168. The Hall–Kier alpha value is -1.67. The first-order valence-corrected chi connectivity index (χ1v) is 7.66. The van der Waals surface area contributed by atoms with Gasteiger partial charge in [0.05, 0.1) is 25.1 Å². The highest BCUT2D eigenvalue weighted by atomic mass is 32.2. The molecule has 0 bridgehead atoms. The number of amides is 2. The summed E-state index contributed by atoms with van der Waals surface area (Å²) in [5.41, 5.74) is 0.462. The molecule has 1 aromatic heterocycles. The van der Waals surface area contributed by atoms with Crippen molar-refractivity contribution in [3.05, 3.63) is 18.3 Å². The maximum atomic E-state index is 11.9. The fraction of sp³-hybridized carbons (Fsp3) is 0.455. The van der Waals surface area contributed by atoms with Crippen molar-refractivity contribution in [2.75, 3.05) is 37.9 Å². The molecule has 2 rings (SSSR count). The summed E-state index contributed by atoms with van der Waals surface area (Å²) in [4.78, 5) is 17.3. The Balaban J connectivity index is 2.01. The van der Waals surface area contributed by atoms with Gasteiger partial charge in [0, 0.05) is 19.3 Å². The fourth-order valence-electron chi connectivity index (χ4n) is 1.64. The maximum Gasteiger partial charge on any atom is 0.322 e. The van der Waals surface area contributed by atoms with Crippen molar-refractivity contribution in [3.8, 4) is 0 Å². The van der Waals surface area contributed by atoms with Gasteiger partial charge in [-0.05, 0) is 12.1 Å². The molecule has 8 heteroatoms. The normalized spacial score (nSPS) is 16.2. The third-order valence-electron chi connectivity index (χ3n) is 2.67. The zero-order chi connectivity index (χ0) is 13.9. The van der Waals surface area contributed by atoms with Crippen LogP contribution in [-0.4, -0.2) is 56.9 Å². The zero-order valence-corrected chi connectivity index (χ0v) is 11.3. The van der Waals surface area contributed by atoms with Crippen molar-refractivity contribution in [1.29, 1.82) is 0 Å². The highest BCUT2D eigenvalue weighted by Crippen LogP contribution is 2.11. The van der Waals surface area contributed by atoms with E-state index in [0.717, 1.165) is 6.26 Å². The molecular weight excluding hydrogens is 270 g/mol. The largest absolute Gasteiger partial charge is 0.378 e. The van der Waals surface area contributed by atoms with Gasteiger partial charge in [-0.1, -0.05) is 0 Å². The number of urea groups is 1. The average Bonchev–Trinajstić information content (AvgIpc) is 2.39. The number of pyridine rings is 1. The Morgan fingerprint density at radius 2 is 2.05 bits per heavy atom. The molecule has 1 N–H and O–H groups in total. The predicted molar refractivity (Wildman–Crippen MR) is 68.8 cm³/mol. The lowest BCUT2D eigenvalue weighted by atomic mass is 10.4. The summed E-state index contributed by atoms with van der Waals surface area (Å²) in [6.45, 7) is 2.14. The second-order valence-electron chi connectivity index (χ2n) is 4.19. The summed E-state index contributed by atoms with van der Waals surface area (Å²) in [5.74, 6) is 0. The van der Waals surface area contributed by atoms with E-state index >= 15 is 0 Å². The third kappa shape index (κ3) is 3.65. The quantitative estimate of drug-likeness (QED) is 0.847. The first kappa shape index (κ1) is 13.8. The number of sulfone groups is 1. The van der Waals surface area contributed by atoms with Crippen molar-refractivity contribution < 1.29 is 17.9 Å². The Morgan fingerprint density at radius 1 is 1.37 bits per heavy atom. The van der Waals surface area contributed by atoms with Gasteiger partial charge in [-0.2, -0.15) is 0 Å². The molecule has 0 aliphatic carbocycles. The van der Waals surface area contributed by atoms with Crippen molar-refractivity contribution in [3.63, 3.8) is 0 Å². The second kappa shape index (κ2) is 5.54. The lowest BCUT2D eigenvalue weighted by Crippen LogP contribution is -2.43. The first-order valence-electron chi connectivity index (χ1n) is 5.76. The number of hydrogen-bond acceptors (Lipinski definition) is 5. The Labute approximate surface area is 111 Å². The molecule has 1 aliphatic heterocycles. The number of rotatable bonds is 2. The van der Waals surface area contributed by atoms with Gasteiger partial charge < -0.3 is 15.0 Å². The Morgan fingerprint density at radius 3 is 2.58 bits per heavy atom. The van der Waals surface area contributed by atoms with Crippen LogP contribution in [-0.2, 0) is 14.6 Å².